The van der Waals surface area contributed by atoms with Gasteiger partial charge in [-0.1, -0.05) is 60.7 Å². The van der Waals surface area contributed by atoms with Crippen LogP contribution < -0.4 is 0 Å². The molecule has 0 atom stereocenters. The first kappa shape index (κ1) is 19.8. The highest BCUT2D eigenvalue weighted by atomic mass is 32.2. The molecule has 0 aliphatic carbocycles. The molecule has 3 rings (SSSR count). The predicted molar refractivity (Wildman–Crippen MR) is 110 cm³/mol. The third kappa shape index (κ3) is 5.76. The van der Waals surface area contributed by atoms with Gasteiger partial charge in [0.1, 0.15) is 5.75 Å². The number of sulfone groups is 1. The SMILES string of the molecule is CS(=O)(=O)CC(=O)N(Cc1ccc(-c2ccccc2)cc1)Cc1cccnc1. The van der Waals surface area contributed by atoms with Crippen LogP contribution in [-0.2, 0) is 27.7 Å². The molecular formula is C22H22N2O3S. The number of pyridine rings is 1. The van der Waals surface area contributed by atoms with Crippen molar-refractivity contribution in [1.29, 1.82) is 0 Å². The van der Waals surface area contributed by atoms with Gasteiger partial charge in [0.2, 0.25) is 5.91 Å². The molecule has 6 heteroatoms. The zero-order valence-electron chi connectivity index (χ0n) is 15.7. The summed E-state index contributed by atoms with van der Waals surface area (Å²) in [5, 5.41) is 0. The third-order valence-corrected chi connectivity index (χ3v) is 5.04. The van der Waals surface area contributed by atoms with Gasteiger partial charge in [-0.25, -0.2) is 8.42 Å². The number of carbonyl (C=O) groups excluding carboxylic acids is 1. The minimum Gasteiger partial charge on any atom is -0.333 e. The highest BCUT2D eigenvalue weighted by Crippen LogP contribution is 2.20. The smallest absolute Gasteiger partial charge is 0.238 e. The summed E-state index contributed by atoms with van der Waals surface area (Å²) in [4.78, 5) is 18.2. The Morgan fingerprint density at radius 3 is 2.11 bits per heavy atom. The zero-order valence-corrected chi connectivity index (χ0v) is 16.5. The molecule has 0 spiro atoms. The molecule has 0 saturated heterocycles. The van der Waals surface area contributed by atoms with E-state index in [1.165, 1.54) is 0 Å². The van der Waals surface area contributed by atoms with Crippen LogP contribution in [0.5, 0.6) is 0 Å². The minimum absolute atomic E-state index is 0.308. The predicted octanol–water partition coefficient (Wildman–Crippen LogP) is 3.32. The van der Waals surface area contributed by atoms with Gasteiger partial charge in [-0.15, -0.1) is 0 Å². The van der Waals surface area contributed by atoms with E-state index in [0.29, 0.717) is 13.1 Å². The summed E-state index contributed by atoms with van der Waals surface area (Å²) in [7, 11) is -3.40. The lowest BCUT2D eigenvalue weighted by molar-refractivity contribution is -0.129. The Morgan fingerprint density at radius 1 is 0.857 bits per heavy atom. The molecule has 2 aromatic carbocycles. The molecule has 0 fully saturated rings. The van der Waals surface area contributed by atoms with E-state index in [0.717, 1.165) is 28.5 Å². The first-order valence-corrected chi connectivity index (χ1v) is 11.0. The summed E-state index contributed by atoms with van der Waals surface area (Å²) in [5.41, 5.74) is 4.00. The lowest BCUT2D eigenvalue weighted by atomic mass is 10.0. The summed E-state index contributed by atoms with van der Waals surface area (Å²) in [6.07, 6.45) is 4.41. The number of carbonyl (C=O) groups is 1. The van der Waals surface area contributed by atoms with Crippen molar-refractivity contribution in [3.8, 4) is 11.1 Å². The van der Waals surface area contributed by atoms with Gasteiger partial charge in [-0.05, 0) is 28.3 Å². The Morgan fingerprint density at radius 2 is 1.50 bits per heavy atom. The van der Waals surface area contributed by atoms with Crippen LogP contribution in [0.1, 0.15) is 11.1 Å². The molecule has 0 radical (unpaired) electrons. The van der Waals surface area contributed by atoms with E-state index in [1.54, 1.807) is 23.4 Å². The van der Waals surface area contributed by atoms with Gasteiger partial charge in [0.05, 0.1) is 0 Å². The van der Waals surface area contributed by atoms with Crippen molar-refractivity contribution in [2.24, 2.45) is 0 Å². The zero-order chi connectivity index (χ0) is 20.0. The molecule has 1 aromatic heterocycles. The fraction of sp³-hybridized carbons (Fsp3) is 0.182. The lowest BCUT2D eigenvalue weighted by Gasteiger charge is -2.23. The van der Waals surface area contributed by atoms with Crippen LogP contribution >= 0.6 is 0 Å². The molecule has 0 aliphatic heterocycles. The number of nitrogens with zero attached hydrogens (tertiary/aromatic N) is 2. The molecular weight excluding hydrogens is 372 g/mol. The molecule has 0 aliphatic rings. The van der Waals surface area contributed by atoms with Crippen molar-refractivity contribution in [2.75, 3.05) is 12.0 Å². The highest BCUT2D eigenvalue weighted by Gasteiger charge is 2.19. The first-order chi connectivity index (χ1) is 13.4. The maximum absolute atomic E-state index is 12.6. The third-order valence-electron chi connectivity index (χ3n) is 4.27. The van der Waals surface area contributed by atoms with Crippen molar-refractivity contribution >= 4 is 15.7 Å². The molecule has 5 nitrogen and oxygen atoms in total. The summed E-state index contributed by atoms with van der Waals surface area (Å²) in [6.45, 7) is 0.640. The van der Waals surface area contributed by atoms with Gasteiger partial charge in [0.15, 0.2) is 9.84 Å². The first-order valence-electron chi connectivity index (χ1n) is 8.89. The van der Waals surface area contributed by atoms with E-state index < -0.39 is 21.5 Å². The fourth-order valence-electron chi connectivity index (χ4n) is 2.91. The molecule has 3 aromatic rings. The molecule has 0 unspecified atom stereocenters. The number of aromatic nitrogens is 1. The van der Waals surface area contributed by atoms with Crippen LogP contribution in [0, 0.1) is 0 Å². The maximum atomic E-state index is 12.6. The van der Waals surface area contributed by atoms with E-state index in [2.05, 4.69) is 4.98 Å². The fourth-order valence-corrected chi connectivity index (χ4v) is 3.54. The van der Waals surface area contributed by atoms with Crippen LogP contribution in [0.15, 0.2) is 79.1 Å². The highest BCUT2D eigenvalue weighted by molar-refractivity contribution is 7.91. The second kappa shape index (κ2) is 8.80. The number of rotatable bonds is 7. The molecule has 0 saturated carbocycles. The monoisotopic (exact) mass is 394 g/mol. The van der Waals surface area contributed by atoms with E-state index in [4.69, 9.17) is 0 Å². The largest absolute Gasteiger partial charge is 0.333 e. The van der Waals surface area contributed by atoms with E-state index in [1.807, 2.05) is 60.7 Å². The molecule has 144 valence electrons. The van der Waals surface area contributed by atoms with Crippen molar-refractivity contribution in [3.63, 3.8) is 0 Å². The van der Waals surface area contributed by atoms with Crippen LogP contribution in [-0.4, -0.2) is 36.2 Å². The normalized spacial score (nSPS) is 11.2. The standard InChI is InChI=1S/C22H22N2O3S/c1-28(26,27)17-22(25)24(16-19-6-5-13-23-14-19)15-18-9-11-21(12-10-18)20-7-3-2-4-8-20/h2-14H,15-17H2,1H3. The Kier molecular flexibility index (Phi) is 6.21. The Hall–Kier alpha value is -2.99. The Balaban J connectivity index is 1.79. The van der Waals surface area contributed by atoms with Gasteiger partial charge >= 0.3 is 0 Å². The molecule has 0 N–H and O–H groups in total. The number of hydrogen-bond acceptors (Lipinski definition) is 4. The number of hydrogen-bond donors (Lipinski definition) is 0. The molecule has 1 amide bonds. The summed E-state index contributed by atoms with van der Waals surface area (Å²) < 4.78 is 23.2. The van der Waals surface area contributed by atoms with Crippen LogP contribution in [0.3, 0.4) is 0 Å². The Bertz CT molecular complexity index is 1020. The topological polar surface area (TPSA) is 67.3 Å². The lowest BCUT2D eigenvalue weighted by Crippen LogP contribution is -2.34. The van der Waals surface area contributed by atoms with E-state index in [9.17, 15) is 13.2 Å². The molecule has 1 heterocycles. The van der Waals surface area contributed by atoms with E-state index >= 15 is 0 Å². The van der Waals surface area contributed by atoms with Crippen molar-refractivity contribution < 1.29 is 13.2 Å². The minimum atomic E-state index is -3.40. The Labute approximate surface area is 165 Å². The van der Waals surface area contributed by atoms with Gasteiger partial charge in [-0.3, -0.25) is 9.78 Å². The number of benzene rings is 2. The maximum Gasteiger partial charge on any atom is 0.238 e. The van der Waals surface area contributed by atoms with Crippen molar-refractivity contribution in [2.45, 2.75) is 13.1 Å². The average molecular weight is 394 g/mol. The average Bonchev–Trinajstić information content (AvgIpc) is 2.68. The molecule has 28 heavy (non-hydrogen) atoms. The van der Waals surface area contributed by atoms with Gasteiger partial charge in [0, 0.05) is 31.7 Å². The van der Waals surface area contributed by atoms with E-state index in [-0.39, 0.29) is 0 Å². The van der Waals surface area contributed by atoms with Crippen LogP contribution in [0.25, 0.3) is 11.1 Å². The number of amides is 1. The van der Waals surface area contributed by atoms with Gasteiger partial charge in [-0.2, -0.15) is 0 Å². The van der Waals surface area contributed by atoms with Crippen LogP contribution in [0.4, 0.5) is 0 Å². The van der Waals surface area contributed by atoms with Crippen molar-refractivity contribution in [3.05, 3.63) is 90.3 Å². The quantitative estimate of drug-likeness (QED) is 0.617. The van der Waals surface area contributed by atoms with Gasteiger partial charge < -0.3 is 4.90 Å². The summed E-state index contributed by atoms with van der Waals surface area (Å²) >= 11 is 0. The second-order valence-electron chi connectivity index (χ2n) is 6.74. The molecule has 0 bridgehead atoms. The summed E-state index contributed by atoms with van der Waals surface area (Å²) in [5.74, 6) is -0.923. The van der Waals surface area contributed by atoms with Gasteiger partial charge in [0.25, 0.3) is 0 Å². The van der Waals surface area contributed by atoms with Crippen LogP contribution in [0.2, 0.25) is 0 Å². The summed E-state index contributed by atoms with van der Waals surface area (Å²) in [6, 6.07) is 21.6. The van der Waals surface area contributed by atoms with Crippen molar-refractivity contribution in [1.82, 2.24) is 9.88 Å². The second-order valence-corrected chi connectivity index (χ2v) is 8.88.